The molecule has 9 heteroatoms. The molecule has 3 unspecified atom stereocenters. The summed E-state index contributed by atoms with van der Waals surface area (Å²) in [5.74, 6) is 0.705. The maximum Gasteiger partial charge on any atom is 0.323 e. The van der Waals surface area contributed by atoms with Crippen LogP contribution in [0, 0.1) is 0 Å². The number of nitrogens with zero attached hydrogens (tertiary/aromatic N) is 3. The van der Waals surface area contributed by atoms with Gasteiger partial charge in [-0.15, -0.1) is 18.5 Å². The molecular weight excluding hydrogens is 335 g/mol. The monoisotopic (exact) mass is 355 g/mol. The average molecular weight is 355 g/mol. The second kappa shape index (κ2) is 7.80. The number of halogens is 1. The molecule has 23 heavy (non-hydrogen) atoms. The zero-order valence-electron chi connectivity index (χ0n) is 13.0. The van der Waals surface area contributed by atoms with E-state index in [1.807, 2.05) is 30.3 Å². The van der Waals surface area contributed by atoms with Crippen LogP contribution in [0.4, 0.5) is 22.0 Å². The van der Waals surface area contributed by atoms with Gasteiger partial charge in [-0.25, -0.2) is 4.39 Å². The van der Waals surface area contributed by atoms with E-state index >= 15 is 0 Å². The minimum Gasteiger partial charge on any atom is -0.462 e. The van der Waals surface area contributed by atoms with Crippen molar-refractivity contribution in [3.05, 3.63) is 30.3 Å². The van der Waals surface area contributed by atoms with Gasteiger partial charge in [-0.3, -0.25) is 0 Å². The summed E-state index contributed by atoms with van der Waals surface area (Å²) in [6.45, 7) is 1.57. The van der Waals surface area contributed by atoms with Crippen molar-refractivity contribution in [2.45, 2.75) is 18.0 Å². The Labute approximate surface area is 139 Å². The highest BCUT2D eigenvalue weighted by atomic mass is 31.1. The average Bonchev–Trinajstić information content (AvgIpc) is 2.53. The van der Waals surface area contributed by atoms with E-state index < -0.39 is 11.1 Å². The molecule has 0 amide bonds. The molecule has 124 valence electrons. The zero-order valence-corrected chi connectivity index (χ0v) is 15.3. The van der Waals surface area contributed by atoms with E-state index in [1.165, 1.54) is 6.92 Å². The van der Waals surface area contributed by atoms with Gasteiger partial charge in [0.15, 0.2) is 0 Å². The smallest absolute Gasteiger partial charge is 0.323 e. The molecule has 1 heterocycles. The predicted octanol–water partition coefficient (Wildman–Crippen LogP) is 2.84. The van der Waals surface area contributed by atoms with Gasteiger partial charge in [0.1, 0.15) is 12.8 Å². The van der Waals surface area contributed by atoms with Crippen LogP contribution in [0.3, 0.4) is 0 Å². The number of alkyl halides is 1. The van der Waals surface area contributed by atoms with Crippen molar-refractivity contribution in [1.82, 2.24) is 15.0 Å². The number of ether oxygens (including phenoxy) is 1. The Bertz CT molecular complexity index is 642. The lowest BCUT2D eigenvalue weighted by atomic mass is 10.3. The second-order valence-corrected chi connectivity index (χ2v) is 7.84. The Hall–Kier alpha value is -1.58. The molecule has 1 aromatic heterocycles. The standard InChI is InChI=1S/C14H20FN5OP2/c1-9(15)14(22,23)8-21-13-19-11(16-2)18-12(20-13)17-10-6-4-3-5-7-10/h3-7,9H,8,22-23H2,1-2H3,(H2,16,17,18,19,20). The molecule has 1 aromatic carbocycles. The molecule has 0 aliphatic carbocycles. The SMILES string of the molecule is CNc1nc(Nc2ccccc2)nc(OCC(P)(P)C(C)F)n1. The molecule has 2 N–H and O–H groups in total. The van der Waals surface area contributed by atoms with Crippen molar-refractivity contribution in [3.8, 4) is 6.01 Å². The van der Waals surface area contributed by atoms with E-state index in [-0.39, 0.29) is 12.6 Å². The van der Waals surface area contributed by atoms with Crippen LogP contribution in [0.5, 0.6) is 6.01 Å². The number of benzene rings is 1. The molecule has 2 rings (SSSR count). The van der Waals surface area contributed by atoms with Gasteiger partial charge in [-0.1, -0.05) is 18.2 Å². The highest BCUT2D eigenvalue weighted by Crippen LogP contribution is 2.33. The van der Waals surface area contributed by atoms with Gasteiger partial charge in [-0.05, 0) is 19.1 Å². The van der Waals surface area contributed by atoms with Gasteiger partial charge in [-0.2, -0.15) is 15.0 Å². The van der Waals surface area contributed by atoms with Crippen LogP contribution in [0.1, 0.15) is 6.92 Å². The molecule has 0 saturated carbocycles. The van der Waals surface area contributed by atoms with Gasteiger partial charge in [0.25, 0.3) is 0 Å². The first-order valence-electron chi connectivity index (χ1n) is 7.01. The van der Waals surface area contributed by atoms with Crippen LogP contribution in [-0.4, -0.2) is 39.7 Å². The highest BCUT2D eigenvalue weighted by Gasteiger charge is 2.28. The van der Waals surface area contributed by atoms with Crippen LogP contribution < -0.4 is 15.4 Å². The van der Waals surface area contributed by atoms with Crippen molar-refractivity contribution in [2.75, 3.05) is 24.3 Å². The van der Waals surface area contributed by atoms with Crippen LogP contribution in [0.2, 0.25) is 0 Å². The van der Waals surface area contributed by atoms with Crippen LogP contribution in [-0.2, 0) is 0 Å². The number of aromatic nitrogens is 3. The summed E-state index contributed by atoms with van der Waals surface area (Å²) < 4.78 is 19.0. The first-order valence-corrected chi connectivity index (χ1v) is 8.16. The predicted molar refractivity (Wildman–Crippen MR) is 97.3 cm³/mol. The Morgan fingerprint density at radius 1 is 1.17 bits per heavy atom. The lowest BCUT2D eigenvalue weighted by Gasteiger charge is -2.25. The number of anilines is 3. The van der Waals surface area contributed by atoms with E-state index in [2.05, 4.69) is 44.1 Å². The summed E-state index contributed by atoms with van der Waals surface area (Å²) in [5.41, 5.74) is 0.843. The molecular formula is C14H20FN5OP2. The molecule has 3 atom stereocenters. The minimum atomic E-state index is -1.08. The Morgan fingerprint density at radius 2 is 1.83 bits per heavy atom. The minimum absolute atomic E-state index is 0.0952. The zero-order chi connectivity index (χ0) is 16.9. The molecule has 0 bridgehead atoms. The Morgan fingerprint density at radius 3 is 2.43 bits per heavy atom. The first-order chi connectivity index (χ1) is 10.9. The molecule has 0 fully saturated rings. The van der Waals surface area contributed by atoms with Gasteiger partial charge >= 0.3 is 6.01 Å². The Balaban J connectivity index is 2.15. The third kappa shape index (κ3) is 5.22. The lowest BCUT2D eigenvalue weighted by molar-refractivity contribution is 0.226. The fraction of sp³-hybridized carbons (Fsp3) is 0.357. The van der Waals surface area contributed by atoms with Gasteiger partial charge in [0.05, 0.1) is 4.90 Å². The molecule has 0 radical (unpaired) electrons. The first kappa shape index (κ1) is 17.8. The molecule has 0 aliphatic rings. The molecule has 0 aliphatic heterocycles. The summed E-state index contributed by atoms with van der Waals surface area (Å²) in [5, 5.41) is 5.92. The van der Waals surface area contributed by atoms with Gasteiger partial charge in [0.2, 0.25) is 11.9 Å². The largest absolute Gasteiger partial charge is 0.462 e. The lowest BCUT2D eigenvalue weighted by Crippen LogP contribution is -2.31. The van der Waals surface area contributed by atoms with E-state index in [4.69, 9.17) is 4.74 Å². The number of nitrogens with one attached hydrogen (secondary N) is 2. The Kier molecular flexibility index (Phi) is 6.03. The second-order valence-electron chi connectivity index (χ2n) is 5.02. The summed E-state index contributed by atoms with van der Waals surface area (Å²) >= 11 is 0. The fourth-order valence-electron chi connectivity index (χ4n) is 1.54. The van der Waals surface area contributed by atoms with Crippen LogP contribution >= 0.6 is 18.5 Å². The molecule has 6 nitrogen and oxygen atoms in total. The maximum absolute atomic E-state index is 13.5. The number of para-hydroxylation sites is 1. The van der Waals surface area contributed by atoms with Crippen molar-refractivity contribution < 1.29 is 9.13 Å². The van der Waals surface area contributed by atoms with E-state index in [1.54, 1.807) is 7.05 Å². The summed E-state index contributed by atoms with van der Waals surface area (Å²) in [6, 6.07) is 9.63. The summed E-state index contributed by atoms with van der Waals surface area (Å²) in [6.07, 6.45) is -1.08. The number of rotatable bonds is 7. The third-order valence-electron chi connectivity index (χ3n) is 3.06. The number of hydrogen-bond donors (Lipinski definition) is 2. The van der Waals surface area contributed by atoms with Crippen LogP contribution in [0.15, 0.2) is 30.3 Å². The highest BCUT2D eigenvalue weighted by molar-refractivity contribution is 7.40. The summed E-state index contributed by atoms with van der Waals surface area (Å²) in [7, 11) is 6.56. The quantitative estimate of drug-likeness (QED) is 0.744. The van der Waals surface area contributed by atoms with E-state index in [0.717, 1.165) is 5.69 Å². The maximum atomic E-state index is 13.5. The number of hydrogen-bond acceptors (Lipinski definition) is 6. The summed E-state index contributed by atoms with van der Waals surface area (Å²) in [4.78, 5) is 11.7. The van der Waals surface area contributed by atoms with Gasteiger partial charge in [0, 0.05) is 12.7 Å². The molecule has 0 saturated heterocycles. The topological polar surface area (TPSA) is 72.0 Å². The van der Waals surface area contributed by atoms with E-state index in [0.29, 0.717) is 11.9 Å². The van der Waals surface area contributed by atoms with Crippen molar-refractivity contribution in [2.24, 2.45) is 0 Å². The molecule has 0 spiro atoms. The van der Waals surface area contributed by atoms with E-state index in [9.17, 15) is 4.39 Å². The van der Waals surface area contributed by atoms with Crippen molar-refractivity contribution in [1.29, 1.82) is 0 Å². The fourth-order valence-corrected chi connectivity index (χ4v) is 1.71. The van der Waals surface area contributed by atoms with Crippen molar-refractivity contribution >= 4 is 36.1 Å². The van der Waals surface area contributed by atoms with Crippen LogP contribution in [0.25, 0.3) is 0 Å². The normalized spacial score (nSPS) is 12.6. The van der Waals surface area contributed by atoms with Gasteiger partial charge < -0.3 is 15.4 Å². The van der Waals surface area contributed by atoms with Crippen molar-refractivity contribution in [3.63, 3.8) is 0 Å². The molecule has 2 aromatic rings. The third-order valence-corrected chi connectivity index (χ3v) is 4.31.